The lowest BCUT2D eigenvalue weighted by Crippen LogP contribution is -2.37. The normalized spacial score (nSPS) is 12.5. The molecule has 2 aromatic rings. The van der Waals surface area contributed by atoms with E-state index in [1.54, 1.807) is 27.8 Å². The molecule has 1 heterocycles. The first-order valence-electron chi connectivity index (χ1n) is 7.80. The van der Waals surface area contributed by atoms with Crippen molar-refractivity contribution in [2.24, 2.45) is 5.73 Å². The summed E-state index contributed by atoms with van der Waals surface area (Å²) in [7, 11) is 1.58. The van der Waals surface area contributed by atoms with Gasteiger partial charge in [-0.15, -0.1) is 10.2 Å². The highest BCUT2D eigenvalue weighted by molar-refractivity contribution is 5.87. The first kappa shape index (κ1) is 18.4. The number of hydrogen-bond donors (Lipinski definition) is 1. The second-order valence-corrected chi connectivity index (χ2v) is 6.61. The Kier molecular flexibility index (Phi) is 5.41. The molecule has 2 rings (SSSR count). The van der Waals surface area contributed by atoms with Crippen LogP contribution in [0.4, 0.5) is 4.79 Å². The molecule has 0 aliphatic heterocycles. The summed E-state index contributed by atoms with van der Waals surface area (Å²) >= 11 is 0. The van der Waals surface area contributed by atoms with Crippen LogP contribution in [0.3, 0.4) is 0 Å². The van der Waals surface area contributed by atoms with Crippen molar-refractivity contribution in [3.8, 4) is 0 Å². The topological polar surface area (TPSA) is 112 Å². The number of nitrogens with two attached hydrogens (primary N) is 1. The van der Waals surface area contributed by atoms with Crippen molar-refractivity contribution >= 4 is 12.0 Å². The van der Waals surface area contributed by atoms with Crippen LogP contribution < -0.4 is 5.73 Å². The van der Waals surface area contributed by atoms with Crippen molar-refractivity contribution in [1.82, 2.24) is 15.1 Å². The van der Waals surface area contributed by atoms with E-state index in [-0.39, 0.29) is 11.8 Å². The predicted molar refractivity (Wildman–Crippen MR) is 89.7 cm³/mol. The Bertz CT molecular complexity index is 737. The Morgan fingerprint density at radius 3 is 2.40 bits per heavy atom. The summed E-state index contributed by atoms with van der Waals surface area (Å²) in [5.41, 5.74) is 5.48. The van der Waals surface area contributed by atoms with E-state index in [4.69, 9.17) is 14.9 Å². The van der Waals surface area contributed by atoms with E-state index in [9.17, 15) is 9.59 Å². The quantitative estimate of drug-likeness (QED) is 0.889. The summed E-state index contributed by atoms with van der Waals surface area (Å²) in [4.78, 5) is 25.0. The van der Waals surface area contributed by atoms with Gasteiger partial charge >= 0.3 is 17.9 Å². The zero-order valence-electron chi connectivity index (χ0n) is 14.7. The minimum Gasteiger partial charge on any atom is -0.444 e. The van der Waals surface area contributed by atoms with Gasteiger partial charge in [0.1, 0.15) is 11.6 Å². The van der Waals surface area contributed by atoms with E-state index in [0.29, 0.717) is 6.42 Å². The molecule has 1 aromatic carbocycles. The molecule has 0 aliphatic carbocycles. The molecule has 8 heteroatoms. The number of likely N-dealkylation sites (N-methyl/N-ethyl adjacent to an activating group) is 1. The third kappa shape index (κ3) is 5.03. The zero-order chi connectivity index (χ0) is 18.6. The monoisotopic (exact) mass is 346 g/mol. The van der Waals surface area contributed by atoms with Gasteiger partial charge in [-0.3, -0.25) is 9.69 Å². The molecule has 25 heavy (non-hydrogen) atoms. The molecule has 0 radical (unpaired) electrons. The van der Waals surface area contributed by atoms with Crippen molar-refractivity contribution in [2.75, 3.05) is 7.05 Å². The van der Waals surface area contributed by atoms with E-state index in [1.165, 1.54) is 4.90 Å². The third-order valence-electron chi connectivity index (χ3n) is 3.36. The van der Waals surface area contributed by atoms with Gasteiger partial charge in [0.05, 0.1) is 0 Å². The van der Waals surface area contributed by atoms with Gasteiger partial charge in [-0.25, -0.2) is 4.79 Å². The Morgan fingerprint density at radius 2 is 1.88 bits per heavy atom. The maximum atomic E-state index is 12.4. The number of ether oxygens (including phenoxy) is 1. The lowest BCUT2D eigenvalue weighted by Gasteiger charge is -2.29. The Balaban J connectivity index is 2.30. The molecule has 1 atom stereocenters. The molecular formula is C17H22N4O4. The predicted octanol–water partition coefficient (Wildman–Crippen LogP) is 2.32. The van der Waals surface area contributed by atoms with Crippen LogP contribution in [0.1, 0.15) is 49.0 Å². The molecular weight excluding hydrogens is 324 g/mol. The maximum absolute atomic E-state index is 12.4. The number of nitrogens with zero attached hydrogens (tertiary/aromatic N) is 3. The third-order valence-corrected chi connectivity index (χ3v) is 3.36. The smallest absolute Gasteiger partial charge is 0.410 e. The molecule has 2 amide bonds. The van der Waals surface area contributed by atoms with Crippen LogP contribution in [0.2, 0.25) is 0 Å². The molecule has 0 fully saturated rings. The van der Waals surface area contributed by atoms with Gasteiger partial charge in [-0.2, -0.15) is 0 Å². The Hall–Kier alpha value is -2.90. The largest absolute Gasteiger partial charge is 0.444 e. The number of rotatable bonds is 5. The number of carbonyl (C=O) groups is 2. The number of amides is 2. The van der Waals surface area contributed by atoms with Crippen molar-refractivity contribution in [1.29, 1.82) is 0 Å². The second kappa shape index (κ2) is 7.33. The molecule has 0 saturated heterocycles. The molecule has 0 aliphatic rings. The van der Waals surface area contributed by atoms with Gasteiger partial charge in [-0.05, 0) is 26.3 Å². The molecule has 8 nitrogen and oxygen atoms in total. The number of carbonyl (C=O) groups excluding carboxylic acids is 2. The molecule has 0 bridgehead atoms. The highest BCUT2D eigenvalue weighted by Gasteiger charge is 2.31. The first-order chi connectivity index (χ1) is 11.7. The fourth-order valence-corrected chi connectivity index (χ4v) is 2.16. The Morgan fingerprint density at radius 1 is 1.24 bits per heavy atom. The number of primary amides is 1. The fraction of sp³-hybridized carbons (Fsp3) is 0.412. The minimum atomic E-state index is -0.822. The number of benzene rings is 1. The molecule has 1 aromatic heterocycles. The van der Waals surface area contributed by atoms with Crippen molar-refractivity contribution in [3.05, 3.63) is 47.7 Å². The summed E-state index contributed by atoms with van der Waals surface area (Å²) < 4.78 is 10.7. The molecule has 2 N–H and O–H groups in total. The molecule has 134 valence electrons. The second-order valence-electron chi connectivity index (χ2n) is 6.61. The zero-order valence-corrected chi connectivity index (χ0v) is 14.7. The maximum Gasteiger partial charge on any atom is 0.410 e. The summed E-state index contributed by atoms with van der Waals surface area (Å²) in [6, 6.07) is 8.92. The average Bonchev–Trinajstić information content (AvgIpc) is 3.01. The number of hydrogen-bond acceptors (Lipinski definition) is 6. The molecule has 0 spiro atoms. The molecule has 0 unspecified atom stereocenters. The van der Waals surface area contributed by atoms with Crippen LogP contribution in [0.15, 0.2) is 34.7 Å². The van der Waals surface area contributed by atoms with Crippen LogP contribution in [0.5, 0.6) is 0 Å². The van der Waals surface area contributed by atoms with Crippen LogP contribution in [0.25, 0.3) is 0 Å². The van der Waals surface area contributed by atoms with Gasteiger partial charge in [0, 0.05) is 13.5 Å². The Labute approximate surface area is 146 Å². The van der Waals surface area contributed by atoms with Crippen LogP contribution in [-0.4, -0.2) is 39.7 Å². The van der Waals surface area contributed by atoms with E-state index >= 15 is 0 Å². The van der Waals surface area contributed by atoms with E-state index in [1.807, 2.05) is 30.3 Å². The van der Waals surface area contributed by atoms with Gasteiger partial charge in [0.2, 0.25) is 5.89 Å². The van der Waals surface area contributed by atoms with Gasteiger partial charge in [0.25, 0.3) is 0 Å². The van der Waals surface area contributed by atoms with E-state index < -0.39 is 23.6 Å². The first-order valence-corrected chi connectivity index (χ1v) is 7.80. The van der Waals surface area contributed by atoms with Gasteiger partial charge < -0.3 is 14.9 Å². The van der Waals surface area contributed by atoms with Crippen molar-refractivity contribution < 1.29 is 18.7 Å². The SMILES string of the molecule is CN(C(=O)OC(C)(C)C)[C@H](Cc1ccccc1)c1nnc(C(N)=O)o1. The number of aromatic nitrogens is 2. The van der Waals surface area contributed by atoms with Crippen LogP contribution in [0, 0.1) is 0 Å². The van der Waals surface area contributed by atoms with Crippen molar-refractivity contribution in [3.63, 3.8) is 0 Å². The fourth-order valence-electron chi connectivity index (χ4n) is 2.16. The van der Waals surface area contributed by atoms with Crippen LogP contribution in [-0.2, 0) is 11.2 Å². The highest BCUT2D eigenvalue weighted by atomic mass is 16.6. The highest BCUT2D eigenvalue weighted by Crippen LogP contribution is 2.25. The lowest BCUT2D eigenvalue weighted by molar-refractivity contribution is 0.0195. The summed E-state index contributed by atoms with van der Waals surface area (Å²) in [5.74, 6) is -1.01. The van der Waals surface area contributed by atoms with Gasteiger partial charge in [-0.1, -0.05) is 30.3 Å². The average molecular weight is 346 g/mol. The summed E-state index contributed by atoms with van der Waals surface area (Å²) in [6.45, 7) is 5.34. The van der Waals surface area contributed by atoms with Crippen molar-refractivity contribution in [2.45, 2.75) is 38.8 Å². The van der Waals surface area contributed by atoms with E-state index in [2.05, 4.69) is 10.2 Å². The van der Waals surface area contributed by atoms with Gasteiger partial charge in [0.15, 0.2) is 0 Å². The van der Waals surface area contributed by atoms with E-state index in [0.717, 1.165) is 5.56 Å². The molecule has 0 saturated carbocycles. The summed E-state index contributed by atoms with van der Waals surface area (Å²) in [5, 5.41) is 7.49. The summed E-state index contributed by atoms with van der Waals surface area (Å²) in [6.07, 6.45) is -0.121. The lowest BCUT2D eigenvalue weighted by atomic mass is 10.1. The van der Waals surface area contributed by atoms with Crippen LogP contribution >= 0.6 is 0 Å². The minimum absolute atomic E-state index is 0.117. The standard InChI is InChI=1S/C17H22N4O4/c1-17(2,3)25-16(23)21(4)12(10-11-8-6-5-7-9-11)14-19-20-15(24-14)13(18)22/h5-9,12H,10H2,1-4H3,(H2,18,22)/t12-/m1/s1.